The standard InChI is InChI=1S/C19H20N4O3S.C11H16N2O.H2/c1-26-19-7-6-18(13-20-19)23-14-16(12-21-23)15-2-4-17(5-3-15)22-8-10-27(24,25)11-9-22;12-8-11(6-7-11)13-10(14)9-4-2-1-3-5-9;/h2-7,12-14H,8-11H2,1H3;9H,1-7H2,(H,13,14);1H. The molecular weight excluding hydrogens is 540 g/mol. The molecule has 3 heterocycles. The summed E-state index contributed by atoms with van der Waals surface area (Å²) in [6.45, 7) is 1.09. The van der Waals surface area contributed by atoms with Crippen molar-refractivity contribution in [3.63, 3.8) is 0 Å². The minimum Gasteiger partial charge on any atom is -0.481 e. The lowest BCUT2D eigenvalue weighted by Crippen LogP contribution is -2.40. The molecule has 1 amide bonds. The Hall–Kier alpha value is -3.91. The van der Waals surface area contributed by atoms with Gasteiger partial charge in [0.2, 0.25) is 11.8 Å². The van der Waals surface area contributed by atoms with Crippen LogP contribution < -0.4 is 15.0 Å². The average molecular weight is 579 g/mol. The number of carbonyl (C=O) groups excluding carboxylic acids is 1. The van der Waals surface area contributed by atoms with Gasteiger partial charge in [-0.05, 0) is 49.4 Å². The molecule has 1 aromatic carbocycles. The molecule has 11 heteroatoms. The first-order chi connectivity index (χ1) is 19.8. The van der Waals surface area contributed by atoms with Crippen molar-refractivity contribution >= 4 is 21.4 Å². The Morgan fingerprint density at radius 2 is 1.71 bits per heavy atom. The van der Waals surface area contributed by atoms with E-state index >= 15 is 0 Å². The molecular formula is C30H38N6O4S. The fourth-order valence-electron chi connectivity index (χ4n) is 5.17. The highest BCUT2D eigenvalue weighted by Gasteiger charge is 2.45. The zero-order valence-corrected chi connectivity index (χ0v) is 24.1. The molecule has 1 N–H and O–H groups in total. The molecule has 41 heavy (non-hydrogen) atoms. The number of amides is 1. The number of ether oxygens (including phenoxy) is 1. The molecule has 218 valence electrons. The van der Waals surface area contributed by atoms with Gasteiger partial charge in [0.1, 0.15) is 5.54 Å². The highest BCUT2D eigenvalue weighted by Crippen LogP contribution is 2.35. The summed E-state index contributed by atoms with van der Waals surface area (Å²) in [7, 11) is -1.28. The number of methoxy groups -OCH3 is 1. The van der Waals surface area contributed by atoms with Gasteiger partial charge in [0.05, 0.1) is 42.8 Å². The molecule has 2 saturated carbocycles. The third kappa shape index (κ3) is 7.24. The molecule has 0 atom stereocenters. The topological polar surface area (TPSA) is 130 Å². The van der Waals surface area contributed by atoms with Crippen molar-refractivity contribution in [2.24, 2.45) is 5.92 Å². The number of aromatic nitrogens is 3. The lowest BCUT2D eigenvalue weighted by molar-refractivity contribution is -0.126. The van der Waals surface area contributed by atoms with E-state index in [1.807, 2.05) is 42.7 Å². The van der Waals surface area contributed by atoms with E-state index in [2.05, 4.69) is 26.4 Å². The van der Waals surface area contributed by atoms with Crippen LogP contribution in [0.3, 0.4) is 0 Å². The zero-order valence-electron chi connectivity index (χ0n) is 23.3. The number of anilines is 1. The van der Waals surface area contributed by atoms with Crippen LogP contribution in [-0.4, -0.2) is 66.3 Å². The van der Waals surface area contributed by atoms with Gasteiger partial charge in [-0.2, -0.15) is 10.4 Å². The van der Waals surface area contributed by atoms with Gasteiger partial charge in [-0.15, -0.1) is 0 Å². The van der Waals surface area contributed by atoms with E-state index in [1.165, 1.54) is 6.42 Å². The van der Waals surface area contributed by atoms with Gasteiger partial charge in [-0.3, -0.25) is 4.79 Å². The number of nitrogens with zero attached hydrogens (tertiary/aromatic N) is 5. The molecule has 0 bridgehead atoms. The third-order valence-electron chi connectivity index (χ3n) is 7.99. The SMILES string of the molecule is COc1ccc(-n2cc(-c3ccc(N4CCS(=O)(=O)CC4)cc3)cn2)cn1.N#CC1(NC(=O)C2CCCCC2)CC1.[HH]. The summed E-state index contributed by atoms with van der Waals surface area (Å²) in [5, 5.41) is 16.1. The van der Waals surface area contributed by atoms with Gasteiger partial charge in [0, 0.05) is 43.9 Å². The summed E-state index contributed by atoms with van der Waals surface area (Å²) in [4.78, 5) is 18.1. The maximum atomic E-state index is 11.8. The smallest absolute Gasteiger partial charge is 0.224 e. The highest BCUT2D eigenvalue weighted by molar-refractivity contribution is 7.91. The summed E-state index contributed by atoms with van der Waals surface area (Å²) >= 11 is 0. The second kappa shape index (κ2) is 12.3. The van der Waals surface area contributed by atoms with Crippen LogP contribution in [0.4, 0.5) is 5.69 Å². The number of nitriles is 1. The molecule has 2 aliphatic carbocycles. The number of pyridine rings is 1. The molecule has 0 radical (unpaired) electrons. The Morgan fingerprint density at radius 3 is 2.29 bits per heavy atom. The molecule has 6 rings (SSSR count). The van der Waals surface area contributed by atoms with Crippen molar-refractivity contribution < 1.29 is 19.4 Å². The first kappa shape index (κ1) is 28.6. The van der Waals surface area contributed by atoms with E-state index < -0.39 is 15.4 Å². The van der Waals surface area contributed by atoms with Crippen molar-refractivity contribution in [2.75, 3.05) is 36.6 Å². The molecule has 2 aromatic heterocycles. The first-order valence-electron chi connectivity index (χ1n) is 14.1. The predicted molar refractivity (Wildman–Crippen MR) is 159 cm³/mol. The number of hydrogen-bond acceptors (Lipinski definition) is 8. The molecule has 3 fully saturated rings. The normalized spacial score (nSPS) is 19.3. The summed E-state index contributed by atoms with van der Waals surface area (Å²) in [6.07, 6.45) is 12.7. The molecule has 3 aliphatic rings. The third-order valence-corrected chi connectivity index (χ3v) is 9.60. The number of hydrogen-bond donors (Lipinski definition) is 1. The van der Waals surface area contributed by atoms with Gasteiger partial charge >= 0.3 is 0 Å². The summed E-state index contributed by atoms with van der Waals surface area (Å²) in [5.74, 6) is 1.29. The molecule has 0 spiro atoms. The first-order valence-corrected chi connectivity index (χ1v) is 16.0. The van der Waals surface area contributed by atoms with Gasteiger partial charge in [0.25, 0.3) is 0 Å². The zero-order chi connectivity index (χ0) is 28.9. The van der Waals surface area contributed by atoms with E-state index in [-0.39, 0.29) is 24.8 Å². The molecule has 1 aliphatic heterocycles. The number of rotatable bonds is 6. The van der Waals surface area contributed by atoms with Crippen LogP contribution in [0.15, 0.2) is 55.0 Å². The maximum absolute atomic E-state index is 11.8. The minimum atomic E-state index is -2.87. The van der Waals surface area contributed by atoms with Crippen LogP contribution in [0.1, 0.15) is 46.4 Å². The monoisotopic (exact) mass is 578 g/mol. The maximum Gasteiger partial charge on any atom is 0.224 e. The van der Waals surface area contributed by atoms with Gasteiger partial charge < -0.3 is 15.0 Å². The van der Waals surface area contributed by atoms with Crippen LogP contribution in [0.2, 0.25) is 0 Å². The van der Waals surface area contributed by atoms with Crippen LogP contribution in [0, 0.1) is 17.2 Å². The van der Waals surface area contributed by atoms with Crippen molar-refractivity contribution in [3.05, 3.63) is 55.0 Å². The lowest BCUT2D eigenvalue weighted by atomic mass is 9.88. The van der Waals surface area contributed by atoms with E-state index in [9.17, 15) is 13.2 Å². The van der Waals surface area contributed by atoms with Crippen LogP contribution >= 0.6 is 0 Å². The Morgan fingerprint density at radius 1 is 1.02 bits per heavy atom. The Balaban J connectivity index is 0.000000228. The quantitative estimate of drug-likeness (QED) is 0.461. The molecule has 0 unspecified atom stereocenters. The lowest BCUT2D eigenvalue weighted by Gasteiger charge is -2.28. The van der Waals surface area contributed by atoms with Crippen molar-refractivity contribution in [1.29, 1.82) is 5.26 Å². The van der Waals surface area contributed by atoms with Gasteiger partial charge in [-0.25, -0.2) is 18.1 Å². The number of sulfone groups is 1. The fourth-order valence-corrected chi connectivity index (χ4v) is 6.37. The molecule has 1 saturated heterocycles. The van der Waals surface area contributed by atoms with Crippen molar-refractivity contribution in [1.82, 2.24) is 20.1 Å². The Labute approximate surface area is 242 Å². The molecule has 3 aromatic rings. The number of carbonyl (C=O) groups is 1. The Bertz CT molecular complexity index is 1480. The van der Waals surface area contributed by atoms with E-state index in [4.69, 9.17) is 10.00 Å². The molecule has 10 nitrogen and oxygen atoms in total. The fraction of sp³-hybridized carbons (Fsp3) is 0.467. The minimum absolute atomic E-state index is 0. The van der Waals surface area contributed by atoms with Crippen molar-refractivity contribution in [2.45, 2.75) is 50.5 Å². The second-order valence-corrected chi connectivity index (χ2v) is 13.2. The number of nitrogens with one attached hydrogen (secondary N) is 1. The number of benzene rings is 1. The predicted octanol–water partition coefficient (Wildman–Crippen LogP) is 4.16. The highest BCUT2D eigenvalue weighted by atomic mass is 32.2. The largest absolute Gasteiger partial charge is 0.481 e. The van der Waals surface area contributed by atoms with Crippen LogP contribution in [0.5, 0.6) is 5.88 Å². The summed E-state index contributed by atoms with van der Waals surface area (Å²) in [5.41, 5.74) is 3.47. The van der Waals surface area contributed by atoms with Crippen LogP contribution in [-0.2, 0) is 14.6 Å². The van der Waals surface area contributed by atoms with E-state index in [0.717, 1.165) is 61.0 Å². The Kier molecular flexibility index (Phi) is 8.59. The van der Waals surface area contributed by atoms with Crippen molar-refractivity contribution in [3.8, 4) is 28.8 Å². The second-order valence-electron chi connectivity index (χ2n) is 10.9. The van der Waals surface area contributed by atoms with E-state index in [0.29, 0.717) is 19.0 Å². The van der Waals surface area contributed by atoms with Crippen LogP contribution in [0.25, 0.3) is 16.8 Å². The van der Waals surface area contributed by atoms with E-state index in [1.54, 1.807) is 24.1 Å². The van der Waals surface area contributed by atoms with Gasteiger partial charge in [0.15, 0.2) is 9.84 Å². The average Bonchev–Trinajstić information content (AvgIpc) is 3.61. The van der Waals surface area contributed by atoms with Gasteiger partial charge in [-0.1, -0.05) is 31.4 Å². The summed E-state index contributed by atoms with van der Waals surface area (Å²) in [6, 6.07) is 14.0. The summed E-state index contributed by atoms with van der Waals surface area (Å²) < 4.78 is 30.0.